The normalized spacial score (nSPS) is 13.4. The summed E-state index contributed by atoms with van der Waals surface area (Å²) >= 11 is 6.53. The van der Waals surface area contributed by atoms with Crippen LogP contribution in [0.1, 0.15) is 48.5 Å². The Kier molecular flexibility index (Phi) is 11.5. The molecule has 18 nitrogen and oxygen atoms in total. The molecule has 0 unspecified atom stereocenters. The van der Waals surface area contributed by atoms with Crippen molar-refractivity contribution in [3.05, 3.63) is 142 Å². The number of anilines is 3. The Balaban J connectivity index is 0.959. The third-order valence-corrected chi connectivity index (χ3v) is 12.3. The van der Waals surface area contributed by atoms with E-state index in [0.717, 1.165) is 28.0 Å². The first-order valence-electron chi connectivity index (χ1n) is 21.4. The standard InChI is InChI=1S/C47H31ClF6N14O4/c1-64-41(26-14-37(56-19-40(69)70)61-39(16-26)68-21-33-29(45(68)72)5-3-7-35(33)47(52,53)54)31(18-59-64)43-63-58-23-66(43)11-10-65-22-57-62-42(65)27-9-8-24(17-55)12-30(27)25-13-36(48)60-38(15-25)67-20-32-28(44(67)71)4-2-6-34(32)46(49,50)51/h2-9,12-16,18,22-23H,10-11,19-21H2,1H3,(H,56,61)(H,69,70). The number of aryl methyl sites for hydroxylation is 3. The summed E-state index contributed by atoms with van der Waals surface area (Å²) in [4.78, 5) is 49.7. The van der Waals surface area contributed by atoms with Crippen molar-refractivity contribution >= 4 is 46.8 Å². The van der Waals surface area contributed by atoms with Gasteiger partial charge < -0.3 is 19.6 Å². The maximum atomic E-state index is 14.0. The van der Waals surface area contributed by atoms with Gasteiger partial charge in [-0.05, 0) is 89.0 Å². The highest BCUT2D eigenvalue weighted by molar-refractivity contribution is 6.30. The van der Waals surface area contributed by atoms with E-state index in [9.17, 15) is 51.1 Å². The molecule has 2 N–H and O–H groups in total. The number of carboxylic acid groups (broad SMARTS) is 1. The number of fused-ring (bicyclic) bond motifs is 2. The summed E-state index contributed by atoms with van der Waals surface area (Å²) in [5.41, 5.74) is 0.0413. The van der Waals surface area contributed by atoms with Gasteiger partial charge in [0.25, 0.3) is 11.8 Å². The highest BCUT2D eigenvalue weighted by Gasteiger charge is 2.42. The summed E-state index contributed by atoms with van der Waals surface area (Å²) in [6.07, 6.45) is -5.00. The third-order valence-electron chi connectivity index (χ3n) is 12.1. The lowest BCUT2D eigenvalue weighted by molar-refractivity contribution is -0.139. The molecule has 8 aromatic rings. The van der Waals surface area contributed by atoms with Crippen LogP contribution < -0.4 is 15.1 Å². The molecule has 25 heteroatoms. The number of hydrogen-bond acceptors (Lipinski definition) is 12. The van der Waals surface area contributed by atoms with Gasteiger partial charge in [-0.25, -0.2) is 9.97 Å². The number of nitriles is 1. The predicted octanol–water partition coefficient (Wildman–Crippen LogP) is 8.14. The van der Waals surface area contributed by atoms with Crippen molar-refractivity contribution < 1.29 is 45.8 Å². The number of pyridine rings is 2. The Hall–Kier alpha value is -8.98. The van der Waals surface area contributed by atoms with Gasteiger partial charge in [-0.1, -0.05) is 23.7 Å². The minimum Gasteiger partial charge on any atom is -0.480 e. The highest BCUT2D eigenvalue weighted by atomic mass is 35.5. The van der Waals surface area contributed by atoms with Crippen molar-refractivity contribution in [3.8, 4) is 51.2 Å². The Morgan fingerprint density at radius 3 is 1.88 bits per heavy atom. The molecule has 0 spiro atoms. The number of aromatic nitrogens is 10. The van der Waals surface area contributed by atoms with Crippen molar-refractivity contribution in [2.75, 3.05) is 21.7 Å². The molecule has 0 atom stereocenters. The van der Waals surface area contributed by atoms with Crippen molar-refractivity contribution in [1.82, 2.24) is 49.3 Å². The average Bonchev–Trinajstić information content (AvgIpc) is 4.20. The van der Waals surface area contributed by atoms with Crippen LogP contribution in [0.25, 0.3) is 45.2 Å². The molecule has 2 amide bonds. The Morgan fingerprint density at radius 2 is 1.31 bits per heavy atom. The van der Waals surface area contributed by atoms with E-state index in [0.29, 0.717) is 45.2 Å². The number of carbonyl (C=O) groups excluding carboxylic acids is 2. The predicted molar refractivity (Wildman–Crippen MR) is 244 cm³/mol. The van der Waals surface area contributed by atoms with Gasteiger partial charge in [0.05, 0.1) is 53.3 Å². The van der Waals surface area contributed by atoms with Crippen LogP contribution in [0.3, 0.4) is 0 Å². The second-order valence-electron chi connectivity index (χ2n) is 16.4. The first-order chi connectivity index (χ1) is 34.4. The summed E-state index contributed by atoms with van der Waals surface area (Å²) in [5, 5.41) is 43.6. The number of aliphatic carboxylic acids is 1. The van der Waals surface area contributed by atoms with E-state index in [1.54, 1.807) is 34.4 Å². The van der Waals surface area contributed by atoms with Crippen LogP contribution in [0.5, 0.6) is 0 Å². The topological polar surface area (TPSA) is 219 Å². The smallest absolute Gasteiger partial charge is 0.416 e. The van der Waals surface area contributed by atoms with Crippen LogP contribution >= 0.6 is 11.6 Å². The first-order valence-corrected chi connectivity index (χ1v) is 21.8. The number of halogens is 7. The highest BCUT2D eigenvalue weighted by Crippen LogP contribution is 2.43. The molecule has 0 radical (unpaired) electrons. The summed E-state index contributed by atoms with van der Waals surface area (Å²) in [7, 11) is 1.62. The van der Waals surface area contributed by atoms with Crippen LogP contribution in [0.15, 0.2) is 97.7 Å². The SMILES string of the molecule is Cn1ncc(-c2nncn2CCn2cnnc2-c2ccc(C#N)cc2-c2cc(Cl)nc(N3Cc4c(cccc4C(F)(F)F)C3=O)c2)c1-c1cc(NCC(=O)O)nc(N2Cc3c(cccc3C(F)(F)F)C2=O)c1. The maximum absolute atomic E-state index is 14.0. The molecule has 2 aliphatic heterocycles. The molecule has 0 saturated heterocycles. The van der Waals surface area contributed by atoms with Crippen LogP contribution in [-0.2, 0) is 50.4 Å². The quantitative estimate of drug-likeness (QED) is 0.0873. The lowest BCUT2D eigenvalue weighted by atomic mass is 9.97. The maximum Gasteiger partial charge on any atom is 0.416 e. The number of nitrogens with one attached hydrogen (secondary N) is 1. The number of alkyl halides is 6. The number of hydrogen-bond donors (Lipinski definition) is 2. The van der Waals surface area contributed by atoms with Gasteiger partial charge in [0.1, 0.15) is 41.8 Å². The number of nitrogens with zero attached hydrogens (tertiary/aromatic N) is 13. The first kappa shape index (κ1) is 46.7. The van der Waals surface area contributed by atoms with E-state index < -0.39 is 60.9 Å². The van der Waals surface area contributed by atoms with Crippen LogP contribution in [-0.4, -0.2) is 78.7 Å². The van der Waals surface area contributed by atoms with E-state index in [-0.39, 0.29) is 63.5 Å². The summed E-state index contributed by atoms with van der Waals surface area (Å²) < 4.78 is 88.9. The second-order valence-corrected chi connectivity index (χ2v) is 16.8. The van der Waals surface area contributed by atoms with E-state index in [4.69, 9.17) is 11.6 Å². The molecule has 72 heavy (non-hydrogen) atoms. The van der Waals surface area contributed by atoms with E-state index in [1.807, 2.05) is 0 Å². The summed E-state index contributed by atoms with van der Waals surface area (Å²) in [6, 6.07) is 19.6. The van der Waals surface area contributed by atoms with Gasteiger partial charge in [0, 0.05) is 42.4 Å². The van der Waals surface area contributed by atoms with E-state index >= 15 is 0 Å². The fraction of sp³-hybridized carbons (Fsp3) is 0.170. The van der Waals surface area contributed by atoms with Gasteiger partial charge >= 0.3 is 18.3 Å². The van der Waals surface area contributed by atoms with E-state index in [2.05, 4.69) is 46.8 Å². The molecule has 0 bridgehead atoms. The number of amides is 2. The number of benzene rings is 3. The molecule has 0 fully saturated rings. The Labute approximate surface area is 406 Å². The van der Waals surface area contributed by atoms with Gasteiger partial charge in [-0.15, -0.1) is 20.4 Å². The zero-order chi connectivity index (χ0) is 50.8. The number of rotatable bonds is 12. The monoisotopic (exact) mass is 1000 g/mol. The molecule has 362 valence electrons. The zero-order valence-corrected chi connectivity index (χ0v) is 37.7. The minimum absolute atomic E-state index is 0.000477. The largest absolute Gasteiger partial charge is 0.480 e. The Bertz CT molecular complexity index is 3580. The molecular formula is C47H31ClF6N14O4. The van der Waals surface area contributed by atoms with Crippen LogP contribution in [0.2, 0.25) is 5.15 Å². The lowest BCUT2D eigenvalue weighted by Crippen LogP contribution is -2.25. The summed E-state index contributed by atoms with van der Waals surface area (Å²) in [6.45, 7) is -1.08. The Morgan fingerprint density at radius 1 is 0.736 bits per heavy atom. The second kappa shape index (κ2) is 17.8. The molecule has 5 aromatic heterocycles. The van der Waals surface area contributed by atoms with Gasteiger partial charge in [0.15, 0.2) is 11.6 Å². The fourth-order valence-corrected chi connectivity index (χ4v) is 9.06. The molecule has 0 aliphatic carbocycles. The van der Waals surface area contributed by atoms with Crippen molar-refractivity contribution in [1.29, 1.82) is 5.26 Å². The van der Waals surface area contributed by atoms with E-state index in [1.165, 1.54) is 66.0 Å². The van der Waals surface area contributed by atoms with Crippen molar-refractivity contribution in [3.63, 3.8) is 0 Å². The molecule has 3 aromatic carbocycles. The van der Waals surface area contributed by atoms with Crippen molar-refractivity contribution in [2.24, 2.45) is 7.05 Å². The molecule has 2 aliphatic rings. The number of carboxylic acids is 1. The van der Waals surface area contributed by atoms with Crippen LogP contribution in [0.4, 0.5) is 43.8 Å². The molecule has 7 heterocycles. The van der Waals surface area contributed by atoms with Gasteiger partial charge in [-0.2, -0.15) is 36.7 Å². The van der Waals surface area contributed by atoms with Gasteiger partial charge in [0.2, 0.25) is 0 Å². The van der Waals surface area contributed by atoms with Crippen molar-refractivity contribution in [2.45, 2.75) is 38.5 Å². The molecule has 10 rings (SSSR count). The van der Waals surface area contributed by atoms with Gasteiger partial charge in [-0.3, -0.25) is 28.9 Å². The lowest BCUT2D eigenvalue weighted by Gasteiger charge is -2.19. The zero-order valence-electron chi connectivity index (χ0n) is 36.9. The molecular weight excluding hydrogens is 974 g/mol. The van der Waals surface area contributed by atoms with Crippen LogP contribution in [0, 0.1) is 11.3 Å². The minimum atomic E-state index is -4.74. The molecule has 0 saturated carbocycles. The average molecular weight is 1010 g/mol. The third kappa shape index (κ3) is 8.48. The number of carbonyl (C=O) groups is 3. The fourth-order valence-electron chi connectivity index (χ4n) is 8.85. The summed E-state index contributed by atoms with van der Waals surface area (Å²) in [5.74, 6) is -2.12.